The third-order valence-corrected chi connectivity index (χ3v) is 2.87. The minimum absolute atomic E-state index is 0.331. The average molecular weight is 179 g/mol. The Hall–Kier alpha value is -0.830. The van der Waals surface area contributed by atoms with Crippen LogP contribution in [-0.2, 0) is 0 Å². The van der Waals surface area contributed by atoms with Crippen molar-refractivity contribution in [3.63, 3.8) is 0 Å². The molecule has 0 bridgehead atoms. The van der Waals surface area contributed by atoms with E-state index in [1.54, 1.807) is 6.20 Å². The van der Waals surface area contributed by atoms with E-state index in [1.807, 2.05) is 12.4 Å². The van der Waals surface area contributed by atoms with E-state index in [-0.39, 0.29) is 0 Å². The van der Waals surface area contributed by atoms with Crippen molar-refractivity contribution in [2.24, 2.45) is 10.9 Å². The number of hydrogen-bond acceptors (Lipinski definition) is 3. The van der Waals surface area contributed by atoms with Crippen LogP contribution in [0.4, 0.5) is 0 Å². The number of piperidine rings is 1. The van der Waals surface area contributed by atoms with E-state index in [0.29, 0.717) is 6.17 Å². The van der Waals surface area contributed by atoms with Gasteiger partial charge in [-0.2, -0.15) is 0 Å². The van der Waals surface area contributed by atoms with Gasteiger partial charge in [-0.3, -0.25) is 9.89 Å². The molecule has 2 rings (SSSR count). The molecule has 0 saturated carbocycles. The van der Waals surface area contributed by atoms with Crippen molar-refractivity contribution < 1.29 is 0 Å². The van der Waals surface area contributed by atoms with Crippen LogP contribution in [0, 0.1) is 5.92 Å². The number of rotatable bonds is 1. The third kappa shape index (κ3) is 2.10. The minimum Gasteiger partial charge on any atom is -0.370 e. The van der Waals surface area contributed by atoms with Gasteiger partial charge in [0.25, 0.3) is 0 Å². The number of aliphatic imine (C=N–C) groups is 1. The van der Waals surface area contributed by atoms with Crippen LogP contribution in [0.15, 0.2) is 17.4 Å². The summed E-state index contributed by atoms with van der Waals surface area (Å²) in [4.78, 5) is 6.59. The van der Waals surface area contributed by atoms with E-state index in [4.69, 9.17) is 0 Å². The first-order valence-electron chi connectivity index (χ1n) is 5.04. The van der Waals surface area contributed by atoms with Crippen LogP contribution in [0.25, 0.3) is 0 Å². The maximum Gasteiger partial charge on any atom is 0.116 e. The van der Waals surface area contributed by atoms with Gasteiger partial charge in [0.1, 0.15) is 6.17 Å². The normalized spacial score (nSPS) is 30.4. The molecule has 1 atom stereocenters. The second kappa shape index (κ2) is 3.92. The first kappa shape index (κ1) is 8.75. The highest BCUT2D eigenvalue weighted by Crippen LogP contribution is 2.17. The van der Waals surface area contributed by atoms with Crippen LogP contribution in [0.1, 0.15) is 19.8 Å². The summed E-state index contributed by atoms with van der Waals surface area (Å²) in [6.07, 6.45) is 8.66. The van der Waals surface area contributed by atoms with Crippen molar-refractivity contribution in [2.45, 2.75) is 25.9 Å². The Morgan fingerprint density at radius 3 is 2.77 bits per heavy atom. The summed E-state index contributed by atoms with van der Waals surface area (Å²) in [5, 5.41) is 3.30. The van der Waals surface area contributed by atoms with Gasteiger partial charge < -0.3 is 5.32 Å². The van der Waals surface area contributed by atoms with E-state index in [9.17, 15) is 0 Å². The second-order valence-electron chi connectivity index (χ2n) is 3.94. The molecule has 0 aromatic rings. The minimum atomic E-state index is 0.331. The van der Waals surface area contributed by atoms with Crippen LogP contribution in [0.5, 0.6) is 0 Å². The molecule has 3 nitrogen and oxygen atoms in total. The number of nitrogens with zero attached hydrogens (tertiary/aromatic N) is 2. The van der Waals surface area contributed by atoms with E-state index < -0.39 is 0 Å². The molecule has 1 unspecified atom stereocenters. The smallest absolute Gasteiger partial charge is 0.116 e. The molecule has 0 spiro atoms. The molecule has 0 aromatic heterocycles. The zero-order valence-corrected chi connectivity index (χ0v) is 8.11. The summed E-state index contributed by atoms with van der Waals surface area (Å²) >= 11 is 0. The summed E-state index contributed by atoms with van der Waals surface area (Å²) in [5.41, 5.74) is 0. The van der Waals surface area contributed by atoms with Crippen molar-refractivity contribution >= 4 is 6.21 Å². The highest BCUT2D eigenvalue weighted by molar-refractivity contribution is 5.65. The monoisotopic (exact) mass is 179 g/mol. The van der Waals surface area contributed by atoms with E-state index >= 15 is 0 Å². The molecule has 1 fully saturated rings. The van der Waals surface area contributed by atoms with Crippen molar-refractivity contribution in [3.8, 4) is 0 Å². The van der Waals surface area contributed by atoms with Crippen molar-refractivity contribution in [3.05, 3.63) is 12.4 Å². The highest BCUT2D eigenvalue weighted by Gasteiger charge is 2.21. The fourth-order valence-electron chi connectivity index (χ4n) is 1.87. The first-order chi connectivity index (χ1) is 6.36. The molecule has 0 aliphatic carbocycles. The Bertz CT molecular complexity index is 214. The zero-order valence-electron chi connectivity index (χ0n) is 8.11. The molecule has 0 aromatic carbocycles. The lowest BCUT2D eigenvalue weighted by molar-refractivity contribution is 0.161. The van der Waals surface area contributed by atoms with Crippen LogP contribution >= 0.6 is 0 Å². The molecule has 72 valence electrons. The Balaban J connectivity index is 1.87. The SMILES string of the molecule is CC1CCN(C2C=NC=CN2)CC1. The predicted molar refractivity (Wildman–Crippen MR) is 54.5 cm³/mol. The first-order valence-corrected chi connectivity index (χ1v) is 5.04. The topological polar surface area (TPSA) is 27.6 Å². The highest BCUT2D eigenvalue weighted by atomic mass is 15.3. The fraction of sp³-hybridized carbons (Fsp3) is 0.700. The molecular weight excluding hydrogens is 162 g/mol. The van der Waals surface area contributed by atoms with Crippen molar-refractivity contribution in [2.75, 3.05) is 13.1 Å². The summed E-state index contributed by atoms with van der Waals surface area (Å²) in [6.45, 7) is 4.72. The largest absolute Gasteiger partial charge is 0.370 e. The lowest BCUT2D eigenvalue weighted by Crippen LogP contribution is -2.48. The zero-order chi connectivity index (χ0) is 9.10. The Morgan fingerprint density at radius 2 is 2.15 bits per heavy atom. The van der Waals surface area contributed by atoms with Crippen LogP contribution < -0.4 is 5.32 Å². The molecule has 0 amide bonds. The second-order valence-corrected chi connectivity index (χ2v) is 3.94. The molecular formula is C10H17N3. The van der Waals surface area contributed by atoms with Gasteiger partial charge in [0.15, 0.2) is 0 Å². The lowest BCUT2D eigenvalue weighted by atomic mass is 9.99. The van der Waals surface area contributed by atoms with Gasteiger partial charge in [0.2, 0.25) is 0 Å². The quantitative estimate of drug-likeness (QED) is 0.654. The van der Waals surface area contributed by atoms with Gasteiger partial charge in [0.05, 0.1) is 0 Å². The fourth-order valence-corrected chi connectivity index (χ4v) is 1.87. The average Bonchev–Trinajstić information content (AvgIpc) is 2.20. The molecule has 1 saturated heterocycles. The Morgan fingerprint density at radius 1 is 1.38 bits per heavy atom. The number of likely N-dealkylation sites (tertiary alicyclic amines) is 1. The van der Waals surface area contributed by atoms with Crippen LogP contribution in [0.2, 0.25) is 0 Å². The summed E-state index contributed by atoms with van der Waals surface area (Å²) in [5.74, 6) is 0.896. The summed E-state index contributed by atoms with van der Waals surface area (Å²) in [6, 6.07) is 0. The molecule has 0 radical (unpaired) electrons. The third-order valence-electron chi connectivity index (χ3n) is 2.87. The predicted octanol–water partition coefficient (Wildman–Crippen LogP) is 1.19. The lowest BCUT2D eigenvalue weighted by Gasteiger charge is -2.35. The van der Waals surface area contributed by atoms with E-state index in [2.05, 4.69) is 22.1 Å². The van der Waals surface area contributed by atoms with Gasteiger partial charge in [0, 0.05) is 31.7 Å². The van der Waals surface area contributed by atoms with E-state index in [1.165, 1.54) is 25.9 Å². The van der Waals surface area contributed by atoms with Gasteiger partial charge >= 0.3 is 0 Å². The van der Waals surface area contributed by atoms with Gasteiger partial charge in [-0.1, -0.05) is 6.92 Å². The van der Waals surface area contributed by atoms with Crippen LogP contribution in [-0.4, -0.2) is 30.4 Å². The standard InChI is InChI=1S/C10H17N3/c1-9-2-6-13(7-3-9)10-8-11-4-5-12-10/h4-5,8-10,12H,2-3,6-7H2,1H3. The summed E-state index contributed by atoms with van der Waals surface area (Å²) < 4.78 is 0. The molecule has 3 heteroatoms. The Kier molecular flexibility index (Phi) is 2.64. The maximum absolute atomic E-state index is 4.14. The van der Waals surface area contributed by atoms with Gasteiger partial charge in [-0.25, -0.2) is 0 Å². The number of nitrogens with one attached hydrogen (secondary N) is 1. The van der Waals surface area contributed by atoms with Crippen molar-refractivity contribution in [1.29, 1.82) is 0 Å². The maximum atomic E-state index is 4.14. The molecule has 2 heterocycles. The van der Waals surface area contributed by atoms with Crippen molar-refractivity contribution in [1.82, 2.24) is 10.2 Å². The van der Waals surface area contributed by atoms with Gasteiger partial charge in [-0.05, 0) is 18.8 Å². The van der Waals surface area contributed by atoms with Gasteiger partial charge in [-0.15, -0.1) is 0 Å². The molecule has 13 heavy (non-hydrogen) atoms. The molecule has 2 aliphatic rings. The number of hydrogen-bond donors (Lipinski definition) is 1. The van der Waals surface area contributed by atoms with Crippen LogP contribution in [0.3, 0.4) is 0 Å². The molecule has 1 N–H and O–H groups in total. The Labute approximate surface area is 79.5 Å². The summed E-state index contributed by atoms with van der Waals surface area (Å²) in [7, 11) is 0. The van der Waals surface area contributed by atoms with E-state index in [0.717, 1.165) is 5.92 Å². The molecule has 2 aliphatic heterocycles.